The summed E-state index contributed by atoms with van der Waals surface area (Å²) in [5.41, 5.74) is 5.22. The third kappa shape index (κ3) is 5.86. The van der Waals surface area contributed by atoms with Gasteiger partial charge in [-0.3, -0.25) is 18.9 Å². The van der Waals surface area contributed by atoms with Crippen LogP contribution in [0.25, 0.3) is 11.2 Å². The number of aliphatic hydroxyl groups is 1. The molecule has 2 aromatic rings. The second-order valence-electron chi connectivity index (χ2n) is 5.73. The van der Waals surface area contributed by atoms with Crippen LogP contribution in [0.1, 0.15) is 31.9 Å². The van der Waals surface area contributed by atoms with Crippen LogP contribution in [0, 0.1) is 0 Å². The lowest BCUT2D eigenvalue weighted by molar-refractivity contribution is -0.00408. The first-order valence-electron chi connectivity index (χ1n) is 7.92. The highest BCUT2D eigenvalue weighted by Crippen LogP contribution is 2.35. The van der Waals surface area contributed by atoms with E-state index in [9.17, 15) is 14.5 Å². The van der Waals surface area contributed by atoms with Crippen LogP contribution in [0.2, 0.25) is 0 Å². The Morgan fingerprint density at radius 3 is 2.65 bits per heavy atom. The molecular weight excluding hydrogens is 433 g/mol. The van der Waals surface area contributed by atoms with Crippen molar-refractivity contribution in [1.82, 2.24) is 19.5 Å². The van der Waals surface area contributed by atoms with Gasteiger partial charge in [0.05, 0.1) is 6.61 Å². The molecule has 2 heterocycles. The van der Waals surface area contributed by atoms with Crippen LogP contribution < -0.4 is 11.3 Å². The summed E-state index contributed by atoms with van der Waals surface area (Å²) >= 11 is 3.17. The van der Waals surface area contributed by atoms with Crippen molar-refractivity contribution in [2.75, 3.05) is 25.1 Å². The maximum absolute atomic E-state index is 11.8. The number of rotatable bonds is 10. The summed E-state index contributed by atoms with van der Waals surface area (Å²) in [6, 6.07) is 0. The average Bonchev–Trinajstić information content (AvgIpc) is 2.85. The number of H-pyrrole nitrogens is 1. The van der Waals surface area contributed by atoms with Crippen LogP contribution in [0.3, 0.4) is 0 Å². The molecule has 146 valence electrons. The minimum absolute atomic E-state index is 0.0407. The van der Waals surface area contributed by atoms with Gasteiger partial charge in [-0.1, -0.05) is 12.8 Å². The Hall–Kier alpha value is -1.30. The Morgan fingerprint density at radius 1 is 1.27 bits per heavy atom. The van der Waals surface area contributed by atoms with Gasteiger partial charge in [-0.15, -0.1) is 0 Å². The molecule has 0 aliphatic rings. The fourth-order valence-corrected chi connectivity index (χ4v) is 3.59. The molecular formula is C13H21BrN5O6P. The normalized spacial score (nSPS) is 13.4. The lowest BCUT2D eigenvalue weighted by Crippen LogP contribution is -2.18. The van der Waals surface area contributed by atoms with E-state index in [1.807, 2.05) is 0 Å². The quantitative estimate of drug-likeness (QED) is 0.197. The molecule has 0 amide bonds. The number of nitrogens with two attached hydrogens (primary N) is 1. The van der Waals surface area contributed by atoms with E-state index < -0.39 is 19.4 Å². The predicted octanol–water partition coefficient (Wildman–Crippen LogP) is 0.710. The van der Waals surface area contributed by atoms with E-state index in [2.05, 4.69) is 30.9 Å². The van der Waals surface area contributed by atoms with E-state index in [0.717, 1.165) is 6.42 Å². The largest absolute Gasteiger partial charge is 0.377 e. The van der Waals surface area contributed by atoms with E-state index in [-0.39, 0.29) is 34.6 Å². The third-order valence-electron chi connectivity index (χ3n) is 3.58. The van der Waals surface area contributed by atoms with E-state index >= 15 is 0 Å². The van der Waals surface area contributed by atoms with Gasteiger partial charge in [-0.2, -0.15) is 4.98 Å². The highest BCUT2D eigenvalue weighted by molar-refractivity contribution is 9.10. The second kappa shape index (κ2) is 9.07. The maximum atomic E-state index is 11.8. The van der Waals surface area contributed by atoms with Crippen LogP contribution in [-0.2, 0) is 9.30 Å². The summed E-state index contributed by atoms with van der Waals surface area (Å²) in [5.74, 6) is -0.0837. The van der Waals surface area contributed by atoms with E-state index in [4.69, 9.17) is 20.3 Å². The lowest BCUT2D eigenvalue weighted by Gasteiger charge is -2.14. The molecule has 0 saturated heterocycles. The Morgan fingerprint density at radius 2 is 1.96 bits per heavy atom. The number of nitrogen functional groups attached to an aromatic ring is 1. The molecule has 2 aromatic heterocycles. The molecule has 0 radical (unpaired) electrons. The molecule has 26 heavy (non-hydrogen) atoms. The zero-order valence-corrected chi connectivity index (χ0v) is 16.3. The van der Waals surface area contributed by atoms with Crippen molar-refractivity contribution in [3.05, 3.63) is 15.1 Å². The monoisotopic (exact) mass is 453 g/mol. The minimum Gasteiger partial charge on any atom is -0.377 e. The predicted molar refractivity (Wildman–Crippen MR) is 97.7 cm³/mol. The molecule has 11 nitrogen and oxygen atoms in total. The minimum atomic E-state index is -3.92. The first-order chi connectivity index (χ1) is 12.2. The van der Waals surface area contributed by atoms with Crippen molar-refractivity contribution >= 4 is 40.6 Å². The van der Waals surface area contributed by atoms with Gasteiger partial charge in [-0.25, -0.2) is 4.98 Å². The number of nitrogens with one attached hydrogen (secondary N) is 1. The molecule has 0 aromatic carbocycles. The molecule has 6 N–H and O–H groups in total. The fourth-order valence-electron chi connectivity index (χ4n) is 2.38. The number of hydrogen-bond donors (Lipinski definition) is 5. The van der Waals surface area contributed by atoms with Crippen molar-refractivity contribution in [3.63, 3.8) is 0 Å². The molecule has 0 bridgehead atoms. The average molecular weight is 454 g/mol. The number of aliphatic hydroxyl groups excluding tert-OH is 1. The summed E-state index contributed by atoms with van der Waals surface area (Å²) in [7, 11) is -3.92. The number of aromatic nitrogens is 4. The smallest absolute Gasteiger partial charge is 0.325 e. The van der Waals surface area contributed by atoms with Gasteiger partial charge in [0.25, 0.3) is 5.56 Å². The SMILES string of the molecule is Nc1nc2c(nc(Br)n2C(O)COCCCCCCP(=O)(O)O)c(=O)[nH]1. The topological polar surface area (TPSA) is 177 Å². The number of imidazole rings is 1. The van der Waals surface area contributed by atoms with Crippen molar-refractivity contribution in [2.45, 2.75) is 31.9 Å². The van der Waals surface area contributed by atoms with Crippen LogP contribution in [-0.4, -0.2) is 53.8 Å². The van der Waals surface area contributed by atoms with Gasteiger partial charge in [0.2, 0.25) is 5.95 Å². The lowest BCUT2D eigenvalue weighted by atomic mass is 10.2. The van der Waals surface area contributed by atoms with Gasteiger partial charge in [0.1, 0.15) is 0 Å². The maximum Gasteiger partial charge on any atom is 0.325 e. The molecule has 0 aliphatic carbocycles. The van der Waals surface area contributed by atoms with Gasteiger partial charge >= 0.3 is 7.60 Å². The van der Waals surface area contributed by atoms with Crippen molar-refractivity contribution in [3.8, 4) is 0 Å². The number of halogens is 1. The number of fused-ring (bicyclic) bond motifs is 1. The van der Waals surface area contributed by atoms with Crippen molar-refractivity contribution in [2.24, 2.45) is 0 Å². The highest BCUT2D eigenvalue weighted by atomic mass is 79.9. The number of anilines is 1. The summed E-state index contributed by atoms with van der Waals surface area (Å²) in [6.07, 6.45) is 1.40. The Labute approximate surface area is 156 Å². The van der Waals surface area contributed by atoms with Crippen LogP contribution >= 0.6 is 23.5 Å². The number of ether oxygens (including phenoxy) is 1. The van der Waals surface area contributed by atoms with Gasteiger partial charge in [-0.05, 0) is 28.8 Å². The Bertz CT molecular complexity index is 849. The second-order valence-corrected chi connectivity index (χ2v) is 8.22. The molecule has 0 aliphatic heterocycles. The van der Waals surface area contributed by atoms with E-state index in [0.29, 0.717) is 25.9 Å². The zero-order chi connectivity index (χ0) is 19.3. The first-order valence-corrected chi connectivity index (χ1v) is 10.5. The van der Waals surface area contributed by atoms with Crippen LogP contribution in [0.5, 0.6) is 0 Å². The molecule has 13 heteroatoms. The summed E-state index contributed by atoms with van der Waals surface area (Å²) in [6.45, 7) is 0.342. The first kappa shape index (κ1) is 21.0. The standard InChI is InChI=1S/C13H21BrN5O6P/c14-12-16-9-10(17-13(15)18-11(9)21)19(12)8(20)7-25-5-3-1-2-4-6-26(22,23)24/h8,20H,1-7H2,(H2,22,23,24)(H3,15,17,18,21). The third-order valence-corrected chi connectivity index (χ3v) is 5.04. The summed E-state index contributed by atoms with van der Waals surface area (Å²) < 4.78 is 17.7. The van der Waals surface area contributed by atoms with E-state index in [1.165, 1.54) is 4.57 Å². The molecule has 2 rings (SSSR count). The molecule has 0 spiro atoms. The summed E-state index contributed by atoms with van der Waals surface area (Å²) in [4.78, 5) is 39.6. The zero-order valence-electron chi connectivity index (χ0n) is 13.8. The van der Waals surface area contributed by atoms with Gasteiger partial charge in [0, 0.05) is 12.8 Å². The van der Waals surface area contributed by atoms with Crippen molar-refractivity contribution in [1.29, 1.82) is 0 Å². The molecule has 1 unspecified atom stereocenters. The number of unbranched alkanes of at least 4 members (excludes halogenated alkanes) is 3. The number of nitrogens with zero attached hydrogens (tertiary/aromatic N) is 3. The fraction of sp³-hybridized carbons (Fsp3) is 0.615. The van der Waals surface area contributed by atoms with Gasteiger partial charge in [0.15, 0.2) is 22.1 Å². The van der Waals surface area contributed by atoms with Crippen LogP contribution in [0.15, 0.2) is 9.53 Å². The number of aromatic amines is 1. The number of hydrogen-bond acceptors (Lipinski definition) is 7. The highest BCUT2D eigenvalue weighted by Gasteiger charge is 2.19. The van der Waals surface area contributed by atoms with Crippen molar-refractivity contribution < 1.29 is 24.2 Å². The Balaban J connectivity index is 1.81. The molecule has 0 fully saturated rings. The molecule has 0 saturated carbocycles. The van der Waals surface area contributed by atoms with E-state index in [1.54, 1.807) is 0 Å². The van der Waals surface area contributed by atoms with Crippen LogP contribution in [0.4, 0.5) is 5.95 Å². The summed E-state index contributed by atoms with van der Waals surface area (Å²) in [5, 5.41) is 10.3. The molecule has 1 atom stereocenters. The Kier molecular flexibility index (Phi) is 7.33. The van der Waals surface area contributed by atoms with Gasteiger partial charge < -0.3 is 25.4 Å².